The van der Waals surface area contributed by atoms with Crippen LogP contribution in [-0.2, 0) is 51.2 Å². The van der Waals surface area contributed by atoms with Crippen LogP contribution in [0.25, 0.3) is 21.8 Å². The summed E-state index contributed by atoms with van der Waals surface area (Å²) in [6.07, 6.45) is 3.76. The van der Waals surface area contributed by atoms with E-state index in [4.69, 9.17) is 5.73 Å². The number of carboxylic acids is 1. The molecule has 2 aromatic heterocycles. The number of primary amides is 1. The van der Waals surface area contributed by atoms with Gasteiger partial charge in [-0.2, -0.15) is 0 Å². The van der Waals surface area contributed by atoms with Crippen LogP contribution in [-0.4, -0.2) is 98.6 Å². The normalized spacial score (nSPS) is 15.1. The third kappa shape index (κ3) is 13.6. The van der Waals surface area contributed by atoms with Crippen molar-refractivity contribution in [2.24, 2.45) is 23.5 Å². The molecule has 4 rings (SSSR count). The molecule has 0 aliphatic carbocycles. The highest BCUT2D eigenvalue weighted by molar-refractivity contribution is 5.98. The van der Waals surface area contributed by atoms with Gasteiger partial charge in [-0.3, -0.25) is 33.6 Å². The van der Waals surface area contributed by atoms with E-state index >= 15 is 0 Å². The second-order valence-electron chi connectivity index (χ2n) is 16.9. The molecule has 18 heteroatoms. The monoisotopic (exact) mass is 885 g/mol. The molecule has 4 aromatic rings. The lowest BCUT2D eigenvalue weighted by Crippen LogP contribution is -2.61. The average molecular weight is 886 g/mol. The second kappa shape index (κ2) is 23.1. The van der Waals surface area contributed by atoms with Crippen molar-refractivity contribution < 1.29 is 43.5 Å². The molecule has 346 valence electrons. The minimum Gasteiger partial charge on any atom is -0.480 e. The summed E-state index contributed by atoms with van der Waals surface area (Å²) in [5.74, 6) is -7.68. The highest BCUT2D eigenvalue weighted by Crippen LogP contribution is 2.21. The van der Waals surface area contributed by atoms with Crippen LogP contribution in [0.15, 0.2) is 60.9 Å². The summed E-state index contributed by atoms with van der Waals surface area (Å²) in [5.41, 5.74) is 8.62. The number of hydrogen-bond donors (Lipinski definition) is 10. The average Bonchev–Trinajstić information content (AvgIpc) is 3.86. The first-order valence-corrected chi connectivity index (χ1v) is 21.7. The molecule has 64 heavy (non-hydrogen) atoms. The van der Waals surface area contributed by atoms with Gasteiger partial charge in [0.05, 0.1) is 6.42 Å². The molecule has 18 nitrogen and oxygen atoms in total. The maximum absolute atomic E-state index is 14.1. The summed E-state index contributed by atoms with van der Waals surface area (Å²) in [7, 11) is 0. The Bertz CT molecular complexity index is 2300. The molecule has 11 N–H and O–H groups in total. The molecule has 0 aliphatic rings. The summed E-state index contributed by atoms with van der Waals surface area (Å²) in [4.78, 5) is 113. The van der Waals surface area contributed by atoms with E-state index in [1.807, 2.05) is 69.3 Å². The fourth-order valence-electron chi connectivity index (χ4n) is 7.52. The van der Waals surface area contributed by atoms with E-state index in [1.54, 1.807) is 33.2 Å². The molecule has 0 aliphatic heterocycles. The molecular formula is C46H63N9O9. The number of hydrogen-bond acceptors (Lipinski definition) is 8. The van der Waals surface area contributed by atoms with E-state index in [9.17, 15) is 43.5 Å². The summed E-state index contributed by atoms with van der Waals surface area (Å²) in [5, 5.41) is 27.7. The van der Waals surface area contributed by atoms with Gasteiger partial charge in [-0.15, -0.1) is 0 Å². The van der Waals surface area contributed by atoms with E-state index in [2.05, 4.69) is 41.9 Å². The van der Waals surface area contributed by atoms with Crippen molar-refractivity contribution in [2.45, 2.75) is 123 Å². The molecule has 2 heterocycles. The van der Waals surface area contributed by atoms with Gasteiger partial charge in [0.2, 0.25) is 41.4 Å². The summed E-state index contributed by atoms with van der Waals surface area (Å²) >= 11 is 0. The molecule has 7 amide bonds. The van der Waals surface area contributed by atoms with Crippen molar-refractivity contribution in [1.29, 1.82) is 0 Å². The van der Waals surface area contributed by atoms with Crippen LogP contribution in [0.5, 0.6) is 0 Å². The van der Waals surface area contributed by atoms with E-state index in [-0.39, 0.29) is 25.2 Å². The van der Waals surface area contributed by atoms with Crippen LogP contribution in [0.1, 0.15) is 85.3 Å². The van der Waals surface area contributed by atoms with Crippen LogP contribution in [0.4, 0.5) is 0 Å². The molecule has 0 spiro atoms. The number of aliphatic carboxylic acids is 1. The van der Waals surface area contributed by atoms with Crippen LogP contribution >= 0.6 is 0 Å². The van der Waals surface area contributed by atoms with E-state index in [0.29, 0.717) is 18.4 Å². The summed E-state index contributed by atoms with van der Waals surface area (Å²) < 4.78 is 0. The number of aromatic amines is 2. The SMILES string of the molecule is CC[C@H](C)[C@H](NC(=O)[C@H](CC(N)=O)NC(=O)[C@H](CC(C)C)NC(=O)[C@@H](Cc1c[nH]c2ccccc12)NC(C)=O)C(=O)N[C@H](C(=O)N[C@@H](Cc1c[nH]c2ccccc12)C(=O)O)[C@@H](C)CC. The fraction of sp³-hybridized carbons (Fsp3) is 0.478. The first-order valence-electron chi connectivity index (χ1n) is 21.7. The van der Waals surface area contributed by atoms with Crippen LogP contribution < -0.4 is 37.6 Å². The van der Waals surface area contributed by atoms with Crippen molar-refractivity contribution in [3.05, 3.63) is 72.1 Å². The second-order valence-corrected chi connectivity index (χ2v) is 16.9. The smallest absolute Gasteiger partial charge is 0.326 e. The first-order chi connectivity index (χ1) is 30.3. The third-order valence-corrected chi connectivity index (χ3v) is 11.5. The zero-order chi connectivity index (χ0) is 47.2. The largest absolute Gasteiger partial charge is 0.480 e. The maximum Gasteiger partial charge on any atom is 0.326 e. The number of carboxylic acid groups (broad SMARTS) is 1. The zero-order valence-electron chi connectivity index (χ0n) is 37.5. The number of carbonyl (C=O) groups excluding carboxylic acids is 7. The maximum atomic E-state index is 14.1. The van der Waals surface area contributed by atoms with Gasteiger partial charge in [0, 0.05) is 54.0 Å². The fourth-order valence-corrected chi connectivity index (χ4v) is 7.52. The Morgan fingerprint density at radius 3 is 1.47 bits per heavy atom. The first kappa shape index (κ1) is 49.9. The van der Waals surface area contributed by atoms with Crippen LogP contribution in [0.2, 0.25) is 0 Å². The van der Waals surface area contributed by atoms with Crippen molar-refractivity contribution in [3.8, 4) is 0 Å². The highest BCUT2D eigenvalue weighted by atomic mass is 16.4. The molecule has 2 aromatic carbocycles. The van der Waals surface area contributed by atoms with Gasteiger partial charge in [0.15, 0.2) is 0 Å². The Morgan fingerprint density at radius 2 is 1.00 bits per heavy atom. The molecule has 8 atom stereocenters. The zero-order valence-corrected chi connectivity index (χ0v) is 37.5. The van der Waals surface area contributed by atoms with Crippen molar-refractivity contribution >= 4 is 69.1 Å². The Labute approximate surface area is 372 Å². The van der Waals surface area contributed by atoms with Gasteiger partial charge < -0.3 is 52.7 Å². The van der Waals surface area contributed by atoms with Gasteiger partial charge in [-0.1, -0.05) is 90.8 Å². The van der Waals surface area contributed by atoms with E-state index in [1.165, 1.54) is 6.92 Å². The Balaban J connectivity index is 1.51. The Morgan fingerprint density at radius 1 is 0.578 bits per heavy atom. The van der Waals surface area contributed by atoms with Crippen molar-refractivity contribution in [3.63, 3.8) is 0 Å². The number of rotatable bonds is 24. The van der Waals surface area contributed by atoms with Gasteiger partial charge in [0.25, 0.3) is 0 Å². The molecule has 0 bridgehead atoms. The number of amides is 7. The number of aromatic nitrogens is 2. The quantitative estimate of drug-likeness (QED) is 0.0494. The van der Waals surface area contributed by atoms with E-state index in [0.717, 1.165) is 27.4 Å². The predicted molar refractivity (Wildman–Crippen MR) is 241 cm³/mol. The minimum atomic E-state index is -1.58. The molecule has 0 saturated heterocycles. The molecule has 0 fully saturated rings. The van der Waals surface area contributed by atoms with Gasteiger partial charge in [-0.05, 0) is 47.4 Å². The predicted octanol–water partition coefficient (Wildman–Crippen LogP) is 2.46. The summed E-state index contributed by atoms with van der Waals surface area (Å²) in [6.45, 7) is 11.9. The lowest BCUT2D eigenvalue weighted by molar-refractivity contribution is -0.142. The Hall–Kier alpha value is -6.72. The van der Waals surface area contributed by atoms with Gasteiger partial charge in [-0.25, -0.2) is 4.79 Å². The number of para-hydroxylation sites is 2. The standard InChI is InChI=1S/C46H63N9O9/c1-8-25(5)39(44(61)53-37(46(63)64)20-29-23-49-33-17-13-11-15-31(29)33)55-45(62)40(26(6)9-2)54-43(60)36(21-38(47)57)52-41(58)34(18-24(3)4)51-42(59)35(50-27(7)56)19-28-22-48-32-16-12-10-14-30(28)32/h10-17,22-26,34-37,39-40,48-49H,8-9,18-21H2,1-7H3,(H2,47,57)(H,50,56)(H,51,59)(H,52,58)(H,53,61)(H,54,60)(H,55,62)(H,63,64)/t25-,26-,34-,35+,36-,37-,39-,40-/m0/s1. The Kier molecular flexibility index (Phi) is 18.0. The van der Waals surface area contributed by atoms with Crippen LogP contribution in [0.3, 0.4) is 0 Å². The number of fused-ring (bicyclic) bond motifs is 2. The van der Waals surface area contributed by atoms with Crippen molar-refractivity contribution in [1.82, 2.24) is 41.9 Å². The number of nitrogens with one attached hydrogen (secondary N) is 8. The third-order valence-electron chi connectivity index (χ3n) is 11.5. The summed E-state index contributed by atoms with van der Waals surface area (Å²) in [6, 6.07) is 7.13. The lowest BCUT2D eigenvalue weighted by Gasteiger charge is -2.31. The number of nitrogens with two attached hydrogens (primary N) is 1. The molecule has 0 radical (unpaired) electrons. The molecule has 0 saturated carbocycles. The topological polar surface area (TPSA) is 287 Å². The molecule has 0 unspecified atom stereocenters. The van der Waals surface area contributed by atoms with Crippen molar-refractivity contribution in [2.75, 3.05) is 0 Å². The van der Waals surface area contributed by atoms with Crippen LogP contribution in [0, 0.1) is 17.8 Å². The van der Waals surface area contributed by atoms with E-state index < -0.39 is 102 Å². The van der Waals surface area contributed by atoms with Gasteiger partial charge in [0.1, 0.15) is 36.3 Å². The lowest BCUT2D eigenvalue weighted by atomic mass is 9.94. The van der Waals surface area contributed by atoms with Gasteiger partial charge >= 0.3 is 5.97 Å². The number of benzene rings is 2. The highest BCUT2D eigenvalue weighted by Gasteiger charge is 2.37. The number of carbonyl (C=O) groups is 8. The molecular weight excluding hydrogens is 823 g/mol. The minimum absolute atomic E-state index is 0.0343. The number of H-pyrrole nitrogens is 2.